The molecule has 0 aliphatic heterocycles. The molecule has 1 aromatic heterocycles. The molecule has 0 spiro atoms. The maximum atomic E-state index is 12.6. The standard InChI is InChI=1S/C25H21N3O3S/c1-16-7-9-18(10-8-16)25-28-21(15-32-25)24(30)26-19-13-11-17(12-14-19)23(29)27-20-5-3-4-6-22(20)31-2/h3-15H,1-2H3,(H,26,30)(H,27,29). The van der Waals surface area contributed by atoms with E-state index in [1.807, 2.05) is 43.3 Å². The molecule has 3 aromatic carbocycles. The van der Waals surface area contributed by atoms with E-state index in [0.717, 1.165) is 10.6 Å². The number of amides is 2. The van der Waals surface area contributed by atoms with Gasteiger partial charge in [-0.3, -0.25) is 9.59 Å². The summed E-state index contributed by atoms with van der Waals surface area (Å²) < 4.78 is 5.25. The molecule has 2 amide bonds. The zero-order valence-corrected chi connectivity index (χ0v) is 18.4. The van der Waals surface area contributed by atoms with Crippen molar-refractivity contribution in [1.29, 1.82) is 0 Å². The summed E-state index contributed by atoms with van der Waals surface area (Å²) in [7, 11) is 1.55. The number of aromatic nitrogens is 1. The lowest BCUT2D eigenvalue weighted by Crippen LogP contribution is -2.14. The van der Waals surface area contributed by atoms with Crippen molar-refractivity contribution < 1.29 is 14.3 Å². The molecule has 4 aromatic rings. The Balaban J connectivity index is 1.41. The Hall–Kier alpha value is -3.97. The lowest BCUT2D eigenvalue weighted by Gasteiger charge is -2.10. The van der Waals surface area contributed by atoms with Crippen molar-refractivity contribution in [2.45, 2.75) is 6.92 Å². The minimum Gasteiger partial charge on any atom is -0.495 e. The molecule has 1 heterocycles. The van der Waals surface area contributed by atoms with Crippen LogP contribution >= 0.6 is 11.3 Å². The molecule has 0 saturated heterocycles. The van der Waals surface area contributed by atoms with Crippen LogP contribution in [0.3, 0.4) is 0 Å². The highest BCUT2D eigenvalue weighted by Crippen LogP contribution is 2.25. The summed E-state index contributed by atoms with van der Waals surface area (Å²) in [5, 5.41) is 8.17. The van der Waals surface area contributed by atoms with Crippen LogP contribution in [0.15, 0.2) is 78.2 Å². The lowest BCUT2D eigenvalue weighted by molar-refractivity contribution is 0.101. The normalized spacial score (nSPS) is 10.4. The van der Waals surface area contributed by atoms with Gasteiger partial charge in [-0.05, 0) is 43.3 Å². The summed E-state index contributed by atoms with van der Waals surface area (Å²) in [6.07, 6.45) is 0. The van der Waals surface area contributed by atoms with Crippen LogP contribution in [0.25, 0.3) is 10.6 Å². The Kier molecular flexibility index (Phi) is 6.28. The molecular weight excluding hydrogens is 422 g/mol. The third-order valence-electron chi connectivity index (χ3n) is 4.80. The minimum atomic E-state index is -0.300. The second-order valence-corrected chi connectivity index (χ2v) is 7.95. The molecule has 0 fully saturated rings. The topological polar surface area (TPSA) is 80.3 Å². The first-order valence-electron chi connectivity index (χ1n) is 9.92. The first-order valence-corrected chi connectivity index (χ1v) is 10.8. The second kappa shape index (κ2) is 9.45. The Bertz CT molecular complexity index is 1250. The summed E-state index contributed by atoms with van der Waals surface area (Å²) in [6.45, 7) is 2.03. The minimum absolute atomic E-state index is 0.269. The molecule has 0 aliphatic rings. The molecule has 0 aliphatic carbocycles. The molecule has 0 atom stereocenters. The molecule has 32 heavy (non-hydrogen) atoms. The smallest absolute Gasteiger partial charge is 0.275 e. The van der Waals surface area contributed by atoms with Gasteiger partial charge in [-0.2, -0.15) is 0 Å². The number of benzene rings is 3. The fourth-order valence-electron chi connectivity index (χ4n) is 3.05. The lowest BCUT2D eigenvalue weighted by atomic mass is 10.1. The predicted octanol–water partition coefficient (Wildman–Crippen LogP) is 5.63. The van der Waals surface area contributed by atoms with Crippen molar-refractivity contribution in [2.24, 2.45) is 0 Å². The van der Waals surface area contributed by atoms with Crippen molar-refractivity contribution in [3.8, 4) is 16.3 Å². The summed E-state index contributed by atoms with van der Waals surface area (Å²) in [5.74, 6) is 0.0125. The Morgan fingerprint density at radius 3 is 2.31 bits per heavy atom. The first-order chi connectivity index (χ1) is 15.5. The molecule has 0 saturated carbocycles. The van der Waals surface area contributed by atoms with Gasteiger partial charge in [-0.25, -0.2) is 4.98 Å². The van der Waals surface area contributed by atoms with Crippen molar-refractivity contribution in [1.82, 2.24) is 4.98 Å². The van der Waals surface area contributed by atoms with Crippen LogP contribution in [-0.4, -0.2) is 23.9 Å². The van der Waals surface area contributed by atoms with E-state index in [1.165, 1.54) is 16.9 Å². The van der Waals surface area contributed by atoms with Crippen LogP contribution in [0.4, 0.5) is 11.4 Å². The van der Waals surface area contributed by atoms with E-state index >= 15 is 0 Å². The number of ether oxygens (including phenoxy) is 1. The number of thiazole rings is 1. The van der Waals surface area contributed by atoms with Crippen molar-refractivity contribution >= 4 is 34.5 Å². The Morgan fingerprint density at radius 1 is 0.875 bits per heavy atom. The number of para-hydroxylation sites is 2. The van der Waals surface area contributed by atoms with E-state index in [-0.39, 0.29) is 11.8 Å². The van der Waals surface area contributed by atoms with Gasteiger partial charge in [-0.1, -0.05) is 42.0 Å². The van der Waals surface area contributed by atoms with Crippen LogP contribution in [0.5, 0.6) is 5.75 Å². The van der Waals surface area contributed by atoms with Crippen molar-refractivity contribution in [3.63, 3.8) is 0 Å². The molecule has 0 bridgehead atoms. The Morgan fingerprint density at radius 2 is 1.59 bits per heavy atom. The van der Waals surface area contributed by atoms with Gasteiger partial charge in [0.25, 0.3) is 11.8 Å². The Labute approximate surface area is 189 Å². The molecule has 160 valence electrons. The van der Waals surface area contributed by atoms with Crippen molar-refractivity contribution in [2.75, 3.05) is 17.7 Å². The summed E-state index contributed by atoms with van der Waals surface area (Å²) in [6, 6.07) is 21.9. The molecule has 4 rings (SSSR count). The number of nitrogens with zero attached hydrogens (tertiary/aromatic N) is 1. The summed E-state index contributed by atoms with van der Waals surface area (Å²) >= 11 is 1.42. The molecular formula is C25H21N3O3S. The predicted molar refractivity (Wildman–Crippen MR) is 128 cm³/mol. The number of carbonyl (C=O) groups excluding carboxylic acids is 2. The number of nitrogens with one attached hydrogen (secondary N) is 2. The molecule has 6 nitrogen and oxygen atoms in total. The van der Waals surface area contributed by atoms with Crippen LogP contribution in [0.2, 0.25) is 0 Å². The zero-order valence-electron chi connectivity index (χ0n) is 17.6. The summed E-state index contributed by atoms with van der Waals surface area (Å²) in [5.41, 5.74) is 4.13. The first kappa shape index (κ1) is 21.3. The quantitative estimate of drug-likeness (QED) is 0.405. The zero-order chi connectivity index (χ0) is 22.5. The number of rotatable bonds is 6. The van der Waals surface area contributed by atoms with E-state index in [2.05, 4.69) is 15.6 Å². The van der Waals surface area contributed by atoms with Gasteiger partial charge in [0, 0.05) is 22.2 Å². The van der Waals surface area contributed by atoms with Crippen LogP contribution in [-0.2, 0) is 0 Å². The van der Waals surface area contributed by atoms with E-state index in [0.29, 0.717) is 28.4 Å². The number of carbonyl (C=O) groups is 2. The third kappa shape index (κ3) is 4.84. The average molecular weight is 444 g/mol. The maximum Gasteiger partial charge on any atom is 0.275 e. The molecule has 0 radical (unpaired) electrons. The monoisotopic (exact) mass is 443 g/mol. The highest BCUT2D eigenvalue weighted by Gasteiger charge is 2.13. The van der Waals surface area contributed by atoms with Gasteiger partial charge < -0.3 is 15.4 Å². The van der Waals surface area contributed by atoms with Crippen LogP contribution < -0.4 is 15.4 Å². The van der Waals surface area contributed by atoms with Gasteiger partial charge in [-0.15, -0.1) is 11.3 Å². The van der Waals surface area contributed by atoms with E-state index < -0.39 is 0 Å². The van der Waals surface area contributed by atoms with Gasteiger partial charge in [0.1, 0.15) is 16.5 Å². The molecule has 0 unspecified atom stereocenters. The highest BCUT2D eigenvalue weighted by atomic mass is 32.1. The number of hydrogen-bond acceptors (Lipinski definition) is 5. The highest BCUT2D eigenvalue weighted by molar-refractivity contribution is 7.13. The van der Waals surface area contributed by atoms with Gasteiger partial charge in [0.2, 0.25) is 0 Å². The van der Waals surface area contributed by atoms with E-state index in [4.69, 9.17) is 4.74 Å². The maximum absolute atomic E-state index is 12.6. The second-order valence-electron chi connectivity index (χ2n) is 7.09. The SMILES string of the molecule is COc1ccccc1NC(=O)c1ccc(NC(=O)c2csc(-c3ccc(C)cc3)n2)cc1. The fraction of sp³-hybridized carbons (Fsp3) is 0.0800. The van der Waals surface area contributed by atoms with Crippen LogP contribution in [0.1, 0.15) is 26.4 Å². The van der Waals surface area contributed by atoms with Gasteiger partial charge in [0.05, 0.1) is 12.8 Å². The molecule has 2 N–H and O–H groups in total. The summed E-state index contributed by atoms with van der Waals surface area (Å²) in [4.78, 5) is 29.6. The number of anilines is 2. The van der Waals surface area contributed by atoms with Crippen LogP contribution in [0, 0.1) is 6.92 Å². The fourth-order valence-corrected chi connectivity index (χ4v) is 3.86. The number of methoxy groups -OCH3 is 1. The van der Waals surface area contributed by atoms with Crippen molar-refractivity contribution in [3.05, 3.63) is 95.0 Å². The number of aryl methyl sites for hydroxylation is 1. The average Bonchev–Trinajstić information content (AvgIpc) is 3.31. The number of hydrogen-bond donors (Lipinski definition) is 2. The van der Waals surface area contributed by atoms with Gasteiger partial charge >= 0.3 is 0 Å². The largest absolute Gasteiger partial charge is 0.495 e. The molecule has 7 heteroatoms. The van der Waals surface area contributed by atoms with E-state index in [1.54, 1.807) is 48.9 Å². The van der Waals surface area contributed by atoms with E-state index in [9.17, 15) is 9.59 Å². The third-order valence-corrected chi connectivity index (χ3v) is 5.69. The van der Waals surface area contributed by atoms with Gasteiger partial charge in [0.15, 0.2) is 0 Å².